The maximum atomic E-state index is 6.06. The lowest BCUT2D eigenvalue weighted by atomic mass is 10.1. The standard InChI is InChI=1S/C19H18ClN2OS/c1-23-17-9-7-16(8-10-17)22-18(14-3-5-15(20)6-4-14)13-21-11-2-12-24-19(21)22/h3-10,13H,2,11-12H2,1H3/q+1. The Morgan fingerprint density at radius 3 is 2.54 bits per heavy atom. The van der Waals surface area contributed by atoms with Crippen molar-refractivity contribution in [1.82, 2.24) is 4.57 Å². The minimum absolute atomic E-state index is 0.757. The van der Waals surface area contributed by atoms with Crippen molar-refractivity contribution in [2.75, 3.05) is 12.9 Å². The van der Waals surface area contributed by atoms with Crippen LogP contribution in [0.15, 0.2) is 59.9 Å². The van der Waals surface area contributed by atoms with Gasteiger partial charge >= 0.3 is 5.16 Å². The highest BCUT2D eigenvalue weighted by Gasteiger charge is 2.28. The molecule has 0 spiro atoms. The highest BCUT2D eigenvalue weighted by atomic mass is 35.5. The molecule has 3 nitrogen and oxygen atoms in total. The zero-order valence-electron chi connectivity index (χ0n) is 13.4. The van der Waals surface area contributed by atoms with Gasteiger partial charge in [-0.2, -0.15) is 4.57 Å². The molecule has 4 rings (SSSR count). The van der Waals surface area contributed by atoms with Crippen LogP contribution in [-0.4, -0.2) is 17.4 Å². The van der Waals surface area contributed by atoms with E-state index in [9.17, 15) is 0 Å². The van der Waals surface area contributed by atoms with E-state index < -0.39 is 0 Å². The van der Waals surface area contributed by atoms with Crippen LogP contribution in [0, 0.1) is 0 Å². The normalized spacial score (nSPS) is 13.6. The smallest absolute Gasteiger partial charge is 0.323 e. The molecule has 2 heterocycles. The van der Waals surface area contributed by atoms with E-state index in [-0.39, 0.29) is 0 Å². The number of thioether (sulfide) groups is 1. The highest BCUT2D eigenvalue weighted by Crippen LogP contribution is 2.32. The molecule has 2 aromatic carbocycles. The van der Waals surface area contributed by atoms with Crippen molar-refractivity contribution < 1.29 is 9.30 Å². The molecule has 3 aromatic rings. The number of halogens is 1. The molecule has 0 bridgehead atoms. The van der Waals surface area contributed by atoms with E-state index in [4.69, 9.17) is 16.3 Å². The van der Waals surface area contributed by atoms with Crippen molar-refractivity contribution in [1.29, 1.82) is 0 Å². The predicted octanol–water partition coefficient (Wildman–Crippen LogP) is 4.59. The van der Waals surface area contributed by atoms with Crippen LogP contribution in [0.3, 0.4) is 0 Å². The first-order chi connectivity index (χ1) is 11.8. The molecule has 1 aliphatic rings. The summed E-state index contributed by atoms with van der Waals surface area (Å²) in [5, 5.41) is 2.03. The lowest BCUT2D eigenvalue weighted by molar-refractivity contribution is -0.734. The summed E-state index contributed by atoms with van der Waals surface area (Å²) >= 11 is 7.97. The SMILES string of the molecule is COc1ccc(-n2c(-c3ccc(Cl)cc3)c[n+]3c2SCCC3)cc1. The predicted molar refractivity (Wildman–Crippen MR) is 98.3 cm³/mol. The van der Waals surface area contributed by atoms with Gasteiger partial charge in [0.15, 0.2) is 5.69 Å². The van der Waals surface area contributed by atoms with Crippen LogP contribution in [0.5, 0.6) is 5.75 Å². The Hall–Kier alpha value is -1.91. The first kappa shape index (κ1) is 15.6. The Morgan fingerprint density at radius 1 is 1.08 bits per heavy atom. The topological polar surface area (TPSA) is 18.0 Å². The van der Waals surface area contributed by atoms with E-state index >= 15 is 0 Å². The van der Waals surface area contributed by atoms with Gasteiger partial charge in [0.1, 0.15) is 17.6 Å². The third-order valence-corrected chi connectivity index (χ3v) is 5.62. The summed E-state index contributed by atoms with van der Waals surface area (Å²) in [5.41, 5.74) is 3.49. The van der Waals surface area contributed by atoms with E-state index in [1.54, 1.807) is 7.11 Å². The van der Waals surface area contributed by atoms with E-state index in [2.05, 4.69) is 39.6 Å². The summed E-state index contributed by atoms with van der Waals surface area (Å²) in [6.07, 6.45) is 3.45. The number of methoxy groups -OCH3 is 1. The molecule has 0 N–H and O–H groups in total. The van der Waals surface area contributed by atoms with Crippen LogP contribution < -0.4 is 9.30 Å². The second kappa shape index (κ2) is 6.54. The molecule has 0 amide bonds. The number of nitrogens with zero attached hydrogens (tertiary/aromatic N) is 2. The Balaban J connectivity index is 1.89. The Kier molecular flexibility index (Phi) is 4.25. The molecule has 5 heteroatoms. The molecular weight excluding hydrogens is 340 g/mol. The number of hydrogen-bond acceptors (Lipinski definition) is 2. The Morgan fingerprint density at radius 2 is 1.83 bits per heavy atom. The summed E-state index contributed by atoms with van der Waals surface area (Å²) < 4.78 is 9.97. The molecule has 1 aromatic heterocycles. The average molecular weight is 358 g/mol. The molecule has 0 aliphatic carbocycles. The number of aromatic nitrogens is 2. The average Bonchev–Trinajstić information content (AvgIpc) is 3.02. The molecule has 0 saturated heterocycles. The van der Waals surface area contributed by atoms with Crippen molar-refractivity contribution >= 4 is 23.4 Å². The molecule has 0 radical (unpaired) electrons. The van der Waals surface area contributed by atoms with E-state index in [0.29, 0.717) is 0 Å². The van der Waals surface area contributed by atoms with Gasteiger partial charge < -0.3 is 4.74 Å². The van der Waals surface area contributed by atoms with Gasteiger partial charge in [-0.05, 0) is 66.7 Å². The van der Waals surface area contributed by atoms with E-state index in [1.165, 1.54) is 17.3 Å². The number of fused-ring (bicyclic) bond motifs is 1. The summed E-state index contributed by atoms with van der Waals surface area (Å²) in [6.45, 7) is 1.06. The maximum Gasteiger partial charge on any atom is 0.323 e. The fourth-order valence-electron chi connectivity index (χ4n) is 3.00. The van der Waals surface area contributed by atoms with Gasteiger partial charge in [0, 0.05) is 16.3 Å². The molecule has 0 saturated carbocycles. The zero-order valence-corrected chi connectivity index (χ0v) is 15.0. The first-order valence-electron chi connectivity index (χ1n) is 7.94. The number of hydrogen-bond donors (Lipinski definition) is 0. The van der Waals surface area contributed by atoms with Gasteiger partial charge in [-0.25, -0.2) is 4.57 Å². The zero-order chi connectivity index (χ0) is 16.5. The third kappa shape index (κ3) is 2.80. The molecule has 1 aliphatic heterocycles. The second-order valence-corrected chi connectivity index (χ2v) is 7.23. The minimum atomic E-state index is 0.757. The molecular formula is C19H18ClN2OS+. The van der Waals surface area contributed by atoms with Gasteiger partial charge in [-0.1, -0.05) is 11.6 Å². The maximum absolute atomic E-state index is 6.06. The number of ether oxygens (including phenoxy) is 1. The number of imidazole rings is 1. The van der Waals surface area contributed by atoms with Crippen LogP contribution in [-0.2, 0) is 6.54 Å². The van der Waals surface area contributed by atoms with Crippen molar-refractivity contribution in [3.8, 4) is 22.7 Å². The lowest BCUT2D eigenvalue weighted by Crippen LogP contribution is -2.37. The molecule has 0 atom stereocenters. The van der Waals surface area contributed by atoms with Crippen LogP contribution in [0.4, 0.5) is 0 Å². The van der Waals surface area contributed by atoms with Crippen LogP contribution in [0.2, 0.25) is 5.02 Å². The monoisotopic (exact) mass is 357 g/mol. The third-order valence-electron chi connectivity index (χ3n) is 4.20. The fraction of sp³-hybridized carbons (Fsp3) is 0.211. The quantitative estimate of drug-likeness (QED) is 0.638. The van der Waals surface area contributed by atoms with Crippen LogP contribution >= 0.6 is 23.4 Å². The highest BCUT2D eigenvalue weighted by molar-refractivity contribution is 7.99. The summed E-state index contributed by atoms with van der Waals surface area (Å²) in [4.78, 5) is 0. The fourth-order valence-corrected chi connectivity index (χ4v) is 4.23. The van der Waals surface area contributed by atoms with Crippen molar-refractivity contribution in [2.24, 2.45) is 0 Å². The second-order valence-electron chi connectivity index (χ2n) is 5.73. The molecule has 0 fully saturated rings. The Labute approximate surface area is 150 Å². The number of aryl methyl sites for hydroxylation is 1. The molecule has 24 heavy (non-hydrogen) atoms. The van der Waals surface area contributed by atoms with Crippen LogP contribution in [0.25, 0.3) is 16.9 Å². The molecule has 122 valence electrons. The van der Waals surface area contributed by atoms with Crippen molar-refractivity contribution in [3.63, 3.8) is 0 Å². The summed E-state index contributed by atoms with van der Waals surface area (Å²) in [5.74, 6) is 2.02. The number of rotatable bonds is 3. The van der Waals surface area contributed by atoms with E-state index in [0.717, 1.165) is 34.3 Å². The van der Waals surface area contributed by atoms with Crippen molar-refractivity contribution in [3.05, 3.63) is 59.8 Å². The number of benzene rings is 2. The van der Waals surface area contributed by atoms with Crippen LogP contribution in [0.1, 0.15) is 6.42 Å². The van der Waals surface area contributed by atoms with Gasteiger partial charge in [-0.15, -0.1) is 0 Å². The van der Waals surface area contributed by atoms with Gasteiger partial charge in [0.05, 0.1) is 13.7 Å². The van der Waals surface area contributed by atoms with E-state index in [1.807, 2.05) is 36.0 Å². The van der Waals surface area contributed by atoms with Gasteiger partial charge in [0.25, 0.3) is 0 Å². The van der Waals surface area contributed by atoms with Gasteiger partial charge in [0.2, 0.25) is 0 Å². The largest absolute Gasteiger partial charge is 0.497 e. The minimum Gasteiger partial charge on any atom is -0.497 e. The van der Waals surface area contributed by atoms with Gasteiger partial charge in [-0.3, -0.25) is 0 Å². The summed E-state index contributed by atoms with van der Waals surface area (Å²) in [6, 6.07) is 16.3. The first-order valence-corrected chi connectivity index (χ1v) is 9.31. The summed E-state index contributed by atoms with van der Waals surface area (Å²) in [7, 11) is 1.69. The van der Waals surface area contributed by atoms with Crippen molar-refractivity contribution in [2.45, 2.75) is 18.1 Å². The molecule has 0 unspecified atom stereocenters. The Bertz CT molecular complexity index is 856. The lowest BCUT2D eigenvalue weighted by Gasteiger charge is -2.10.